The van der Waals surface area contributed by atoms with E-state index in [1.54, 1.807) is 30.3 Å². The van der Waals surface area contributed by atoms with Crippen molar-refractivity contribution in [2.45, 2.75) is 0 Å². The number of nitrogens with two attached hydrogens (primary N) is 2. The van der Waals surface area contributed by atoms with Crippen LogP contribution < -0.4 is 16.2 Å². The maximum atomic E-state index is 13.0. The minimum Gasteiger partial charge on any atom is -0.423 e. The van der Waals surface area contributed by atoms with Gasteiger partial charge < -0.3 is 16.2 Å². The average Bonchev–Trinajstić information content (AvgIpc) is 2.79. The van der Waals surface area contributed by atoms with Crippen LogP contribution in [-0.4, -0.2) is 11.0 Å². The number of carbonyl (C=O) groups excluding carboxylic acids is 1. The van der Waals surface area contributed by atoms with Gasteiger partial charge in [0.25, 0.3) is 0 Å². The maximum absolute atomic E-state index is 13.0. The van der Waals surface area contributed by atoms with Crippen LogP contribution in [0.5, 0.6) is 5.75 Å². The van der Waals surface area contributed by atoms with Gasteiger partial charge in [0.05, 0.1) is 16.6 Å². The van der Waals surface area contributed by atoms with Crippen molar-refractivity contribution >= 4 is 39.1 Å². The van der Waals surface area contributed by atoms with Crippen molar-refractivity contribution in [2.75, 3.05) is 11.5 Å². The van der Waals surface area contributed by atoms with E-state index in [0.717, 1.165) is 27.4 Å². The van der Waals surface area contributed by atoms with Crippen LogP contribution in [0.15, 0.2) is 91.0 Å². The number of para-hydroxylation sites is 1. The third-order valence-electron chi connectivity index (χ3n) is 5.22. The van der Waals surface area contributed by atoms with E-state index in [1.165, 1.54) is 0 Å². The van der Waals surface area contributed by atoms with E-state index >= 15 is 0 Å². The van der Waals surface area contributed by atoms with Crippen LogP contribution >= 0.6 is 0 Å². The Bertz CT molecular complexity index is 1430. The molecule has 4 aromatic carbocycles. The molecular formula is C26H19N3O2. The van der Waals surface area contributed by atoms with E-state index < -0.39 is 5.97 Å². The van der Waals surface area contributed by atoms with E-state index in [-0.39, 0.29) is 0 Å². The molecule has 5 aromatic rings. The first-order valence-electron chi connectivity index (χ1n) is 9.85. The van der Waals surface area contributed by atoms with Crippen LogP contribution in [0.3, 0.4) is 0 Å². The molecule has 0 fully saturated rings. The number of benzene rings is 4. The summed E-state index contributed by atoms with van der Waals surface area (Å²) in [5.41, 5.74) is 16.6. The molecule has 5 nitrogen and oxygen atoms in total. The number of esters is 1. The molecule has 0 aliphatic heterocycles. The van der Waals surface area contributed by atoms with Crippen LogP contribution in [0, 0.1) is 0 Å². The van der Waals surface area contributed by atoms with Crippen molar-refractivity contribution in [1.29, 1.82) is 0 Å². The number of pyridine rings is 1. The lowest BCUT2D eigenvalue weighted by molar-refractivity contribution is 0.0736. The lowest BCUT2D eigenvalue weighted by Gasteiger charge is -2.12. The standard InChI is InChI=1S/C26H19N3O2/c27-18-7-5-16(6-8-18)21-13-14-22(26(30)31-20-11-9-19(28)10-12-20)25-23(21)15-17-3-1-2-4-24(17)29-25/h1-15H,27-28H2. The Morgan fingerprint density at radius 1 is 0.774 bits per heavy atom. The lowest BCUT2D eigenvalue weighted by atomic mass is 9.96. The second-order valence-corrected chi connectivity index (χ2v) is 7.32. The van der Waals surface area contributed by atoms with E-state index in [9.17, 15) is 4.79 Å². The first kappa shape index (κ1) is 18.6. The van der Waals surface area contributed by atoms with Crippen molar-refractivity contribution < 1.29 is 9.53 Å². The van der Waals surface area contributed by atoms with Gasteiger partial charge in [0, 0.05) is 22.1 Å². The van der Waals surface area contributed by atoms with Gasteiger partial charge in [0.1, 0.15) is 5.75 Å². The van der Waals surface area contributed by atoms with Crippen molar-refractivity contribution in [2.24, 2.45) is 0 Å². The molecule has 0 saturated heterocycles. The van der Waals surface area contributed by atoms with Crippen molar-refractivity contribution in [3.8, 4) is 16.9 Å². The van der Waals surface area contributed by atoms with Gasteiger partial charge in [-0.3, -0.25) is 0 Å². The fourth-order valence-electron chi connectivity index (χ4n) is 3.64. The van der Waals surface area contributed by atoms with E-state index in [0.29, 0.717) is 28.2 Å². The summed E-state index contributed by atoms with van der Waals surface area (Å²) >= 11 is 0. The minimum atomic E-state index is -0.471. The molecule has 1 aromatic heterocycles. The van der Waals surface area contributed by atoms with Crippen molar-refractivity contribution in [3.05, 3.63) is 96.6 Å². The summed E-state index contributed by atoms with van der Waals surface area (Å²) in [5.74, 6) is -0.0443. The van der Waals surface area contributed by atoms with Crippen LogP contribution in [0.25, 0.3) is 32.9 Å². The largest absolute Gasteiger partial charge is 0.423 e. The second kappa shape index (κ2) is 7.46. The first-order valence-corrected chi connectivity index (χ1v) is 9.85. The number of anilines is 2. The highest BCUT2D eigenvalue weighted by Gasteiger charge is 2.17. The summed E-state index contributed by atoms with van der Waals surface area (Å²) in [4.78, 5) is 17.8. The van der Waals surface area contributed by atoms with Crippen LogP contribution in [-0.2, 0) is 0 Å². The van der Waals surface area contributed by atoms with Crippen molar-refractivity contribution in [3.63, 3.8) is 0 Å². The van der Waals surface area contributed by atoms with Crippen LogP contribution in [0.1, 0.15) is 10.4 Å². The number of hydrogen-bond acceptors (Lipinski definition) is 5. The van der Waals surface area contributed by atoms with Gasteiger partial charge in [-0.1, -0.05) is 36.4 Å². The number of hydrogen-bond donors (Lipinski definition) is 2. The van der Waals surface area contributed by atoms with Crippen LogP contribution in [0.4, 0.5) is 11.4 Å². The van der Waals surface area contributed by atoms with Gasteiger partial charge in [0.15, 0.2) is 0 Å². The summed E-state index contributed by atoms with van der Waals surface area (Å²) in [6.45, 7) is 0. The molecule has 5 rings (SSSR count). The molecule has 0 bridgehead atoms. The summed E-state index contributed by atoms with van der Waals surface area (Å²) < 4.78 is 5.59. The molecule has 150 valence electrons. The summed E-state index contributed by atoms with van der Waals surface area (Å²) in [6.07, 6.45) is 0. The molecule has 31 heavy (non-hydrogen) atoms. The molecule has 0 unspecified atom stereocenters. The fourth-order valence-corrected chi connectivity index (χ4v) is 3.64. The van der Waals surface area contributed by atoms with E-state index in [1.807, 2.05) is 54.6 Å². The number of carbonyl (C=O) groups is 1. The molecule has 0 spiro atoms. The van der Waals surface area contributed by atoms with Crippen molar-refractivity contribution in [1.82, 2.24) is 4.98 Å². The molecular weight excluding hydrogens is 386 g/mol. The fraction of sp³-hybridized carbons (Fsp3) is 0. The van der Waals surface area contributed by atoms with E-state index in [2.05, 4.69) is 6.07 Å². The quantitative estimate of drug-likeness (QED) is 0.181. The molecule has 0 atom stereocenters. The summed E-state index contributed by atoms with van der Waals surface area (Å²) in [5, 5.41) is 1.87. The number of ether oxygens (including phenoxy) is 1. The monoisotopic (exact) mass is 405 g/mol. The summed E-state index contributed by atoms with van der Waals surface area (Å²) in [7, 11) is 0. The zero-order chi connectivity index (χ0) is 21.4. The van der Waals surface area contributed by atoms with Gasteiger partial charge in [-0.05, 0) is 65.7 Å². The Morgan fingerprint density at radius 3 is 2.19 bits per heavy atom. The molecule has 5 heteroatoms. The number of nitrogen functional groups attached to an aromatic ring is 2. The number of rotatable bonds is 3. The Kier molecular flexibility index (Phi) is 4.49. The minimum absolute atomic E-state index is 0.400. The highest BCUT2D eigenvalue weighted by molar-refractivity contribution is 6.10. The third-order valence-corrected chi connectivity index (χ3v) is 5.22. The topological polar surface area (TPSA) is 91.2 Å². The van der Waals surface area contributed by atoms with E-state index in [4.69, 9.17) is 21.2 Å². The smallest absolute Gasteiger partial charge is 0.345 e. The van der Waals surface area contributed by atoms with Gasteiger partial charge in [0.2, 0.25) is 0 Å². The number of aromatic nitrogens is 1. The average molecular weight is 405 g/mol. The lowest BCUT2D eigenvalue weighted by Crippen LogP contribution is -2.10. The second-order valence-electron chi connectivity index (χ2n) is 7.32. The van der Waals surface area contributed by atoms with Gasteiger partial charge in [-0.2, -0.15) is 0 Å². The predicted molar refractivity (Wildman–Crippen MR) is 125 cm³/mol. The molecule has 0 aliphatic carbocycles. The van der Waals surface area contributed by atoms with Gasteiger partial charge in [-0.25, -0.2) is 9.78 Å². The molecule has 0 saturated carbocycles. The molecule has 0 aliphatic rings. The zero-order valence-electron chi connectivity index (χ0n) is 16.6. The molecule has 4 N–H and O–H groups in total. The first-order chi connectivity index (χ1) is 15.1. The highest BCUT2D eigenvalue weighted by atomic mass is 16.5. The normalized spacial score (nSPS) is 11.0. The zero-order valence-corrected chi connectivity index (χ0v) is 16.6. The Morgan fingerprint density at radius 2 is 1.45 bits per heavy atom. The maximum Gasteiger partial charge on any atom is 0.345 e. The van der Waals surface area contributed by atoms with Gasteiger partial charge in [-0.15, -0.1) is 0 Å². The predicted octanol–water partition coefficient (Wildman–Crippen LogP) is 5.44. The summed E-state index contributed by atoms with van der Waals surface area (Å²) in [6, 6.07) is 27.9. The Balaban J connectivity index is 1.69. The molecule has 1 heterocycles. The SMILES string of the molecule is Nc1ccc(OC(=O)c2ccc(-c3ccc(N)cc3)c3cc4ccccc4nc23)cc1. The third kappa shape index (κ3) is 3.53. The number of nitrogens with zero attached hydrogens (tertiary/aromatic N) is 1. The highest BCUT2D eigenvalue weighted by Crippen LogP contribution is 2.33. The Labute approximate surface area is 178 Å². The molecule has 0 radical (unpaired) electrons. The molecule has 0 amide bonds. The Hall–Kier alpha value is -4.38. The van der Waals surface area contributed by atoms with Crippen LogP contribution in [0.2, 0.25) is 0 Å². The number of fused-ring (bicyclic) bond motifs is 2. The van der Waals surface area contributed by atoms with Gasteiger partial charge >= 0.3 is 5.97 Å².